The number of rotatable bonds is 1. The van der Waals surface area contributed by atoms with Crippen LogP contribution in [0.4, 0.5) is 0 Å². The van der Waals surface area contributed by atoms with E-state index in [9.17, 15) is 0 Å². The van der Waals surface area contributed by atoms with Crippen molar-refractivity contribution in [3.63, 3.8) is 0 Å². The van der Waals surface area contributed by atoms with Crippen LogP contribution in [0.25, 0.3) is 21.1 Å². The molecule has 0 aliphatic carbocycles. The molecular formula is C13H11NOS. The Morgan fingerprint density at radius 2 is 2.00 bits per heavy atom. The van der Waals surface area contributed by atoms with Gasteiger partial charge in [0, 0.05) is 21.7 Å². The predicted molar refractivity (Wildman–Crippen MR) is 68.4 cm³/mol. The Hall–Kier alpha value is -1.61. The Labute approximate surface area is 97.5 Å². The van der Waals surface area contributed by atoms with Crippen LogP contribution in [0, 0.1) is 6.92 Å². The van der Waals surface area contributed by atoms with Crippen molar-refractivity contribution < 1.29 is 4.74 Å². The summed E-state index contributed by atoms with van der Waals surface area (Å²) in [6, 6.07) is 10.4. The van der Waals surface area contributed by atoms with Gasteiger partial charge in [-0.15, -0.1) is 11.3 Å². The molecule has 0 unspecified atom stereocenters. The van der Waals surface area contributed by atoms with Crippen LogP contribution in [0.3, 0.4) is 0 Å². The van der Waals surface area contributed by atoms with Crippen LogP contribution in [0.1, 0.15) is 4.88 Å². The van der Waals surface area contributed by atoms with Gasteiger partial charge in [-0.2, -0.15) is 0 Å². The Balaban J connectivity index is 2.36. The van der Waals surface area contributed by atoms with Crippen molar-refractivity contribution in [2.24, 2.45) is 0 Å². The zero-order valence-electron chi connectivity index (χ0n) is 9.15. The number of ether oxygens (including phenoxy) is 1. The normalized spacial score (nSPS) is 11.1. The number of nitrogens with zero attached hydrogens (tertiary/aromatic N) is 1. The van der Waals surface area contributed by atoms with E-state index in [1.165, 1.54) is 10.3 Å². The molecule has 0 fully saturated rings. The molecule has 80 valence electrons. The van der Waals surface area contributed by atoms with E-state index in [4.69, 9.17) is 4.74 Å². The van der Waals surface area contributed by atoms with E-state index < -0.39 is 0 Å². The van der Waals surface area contributed by atoms with Gasteiger partial charge in [-0.1, -0.05) is 0 Å². The summed E-state index contributed by atoms with van der Waals surface area (Å²) in [7, 11) is 1.68. The maximum absolute atomic E-state index is 5.20. The fraction of sp³-hybridized carbons (Fsp3) is 0.154. The summed E-state index contributed by atoms with van der Waals surface area (Å²) >= 11 is 1.73. The molecule has 3 aromatic rings. The van der Waals surface area contributed by atoms with Gasteiger partial charge in [0.25, 0.3) is 0 Å². The first-order valence-electron chi connectivity index (χ1n) is 5.11. The van der Waals surface area contributed by atoms with Crippen molar-refractivity contribution in [3.05, 3.63) is 35.2 Å². The molecular weight excluding hydrogens is 218 g/mol. The number of hydrogen-bond acceptors (Lipinski definition) is 3. The third-order valence-corrected chi connectivity index (χ3v) is 3.59. The molecule has 0 N–H and O–H groups in total. The van der Waals surface area contributed by atoms with Gasteiger partial charge in [-0.25, -0.2) is 4.98 Å². The van der Waals surface area contributed by atoms with Crippen LogP contribution in [0.15, 0.2) is 30.3 Å². The second-order valence-corrected chi connectivity index (χ2v) is 5.03. The first-order valence-corrected chi connectivity index (χ1v) is 5.93. The summed E-state index contributed by atoms with van der Waals surface area (Å²) in [5.74, 6) is 0.854. The summed E-state index contributed by atoms with van der Waals surface area (Å²) in [6.07, 6.45) is 0. The highest BCUT2D eigenvalue weighted by atomic mass is 32.1. The van der Waals surface area contributed by atoms with Crippen molar-refractivity contribution in [1.82, 2.24) is 4.98 Å². The number of benzene rings is 1. The third-order valence-electron chi connectivity index (χ3n) is 2.63. The van der Waals surface area contributed by atoms with Crippen LogP contribution >= 0.6 is 11.3 Å². The minimum absolute atomic E-state index is 0.854. The van der Waals surface area contributed by atoms with Gasteiger partial charge in [0.15, 0.2) is 0 Å². The Morgan fingerprint density at radius 3 is 2.81 bits per heavy atom. The zero-order valence-corrected chi connectivity index (χ0v) is 9.97. The Kier molecular flexibility index (Phi) is 2.07. The summed E-state index contributed by atoms with van der Waals surface area (Å²) in [5, 5.41) is 2.38. The largest absolute Gasteiger partial charge is 0.497 e. The van der Waals surface area contributed by atoms with Gasteiger partial charge in [0.2, 0.25) is 0 Å². The van der Waals surface area contributed by atoms with Gasteiger partial charge >= 0.3 is 0 Å². The van der Waals surface area contributed by atoms with Crippen LogP contribution in [-0.4, -0.2) is 12.1 Å². The van der Waals surface area contributed by atoms with Crippen molar-refractivity contribution in [1.29, 1.82) is 0 Å². The monoisotopic (exact) mass is 229 g/mol. The Bertz CT molecular complexity index is 672. The van der Waals surface area contributed by atoms with Crippen LogP contribution in [-0.2, 0) is 0 Å². The lowest BCUT2D eigenvalue weighted by Crippen LogP contribution is -1.84. The molecule has 0 aliphatic rings. The minimum Gasteiger partial charge on any atom is -0.497 e. The lowest BCUT2D eigenvalue weighted by molar-refractivity contribution is 0.415. The van der Waals surface area contributed by atoms with E-state index >= 15 is 0 Å². The van der Waals surface area contributed by atoms with Crippen molar-refractivity contribution >= 4 is 32.5 Å². The fourth-order valence-electron chi connectivity index (χ4n) is 1.86. The van der Waals surface area contributed by atoms with Crippen LogP contribution in [0.5, 0.6) is 5.75 Å². The number of pyridine rings is 1. The van der Waals surface area contributed by atoms with Gasteiger partial charge in [-0.3, -0.25) is 0 Å². The summed E-state index contributed by atoms with van der Waals surface area (Å²) in [6.45, 7) is 2.11. The smallest absolute Gasteiger partial charge is 0.124 e. The average Bonchev–Trinajstić information content (AvgIpc) is 2.64. The number of aromatic nitrogens is 1. The molecule has 0 bridgehead atoms. The molecule has 0 radical (unpaired) electrons. The SMILES string of the molecule is COc1ccc2cc3cc(C)sc3nc2c1. The predicted octanol–water partition coefficient (Wildman–Crippen LogP) is 3.77. The molecule has 0 saturated heterocycles. The van der Waals surface area contributed by atoms with Gasteiger partial charge in [0.05, 0.1) is 12.6 Å². The number of methoxy groups -OCH3 is 1. The fourth-order valence-corrected chi connectivity index (χ4v) is 2.73. The lowest BCUT2D eigenvalue weighted by Gasteiger charge is -2.01. The maximum Gasteiger partial charge on any atom is 0.124 e. The van der Waals surface area contributed by atoms with E-state index in [2.05, 4.69) is 24.0 Å². The topological polar surface area (TPSA) is 22.1 Å². The molecule has 3 rings (SSSR count). The maximum atomic E-state index is 5.20. The summed E-state index contributed by atoms with van der Waals surface area (Å²) < 4.78 is 5.20. The number of hydrogen-bond donors (Lipinski definition) is 0. The second kappa shape index (κ2) is 3.46. The standard InChI is InChI=1S/C13H11NOS/c1-8-5-10-6-9-3-4-11(15-2)7-12(9)14-13(10)16-8/h3-7H,1-2H3. The van der Waals surface area contributed by atoms with Crippen LogP contribution < -0.4 is 4.74 Å². The number of thiophene rings is 1. The van der Waals surface area contributed by atoms with Gasteiger partial charge in [-0.05, 0) is 31.2 Å². The van der Waals surface area contributed by atoms with Crippen molar-refractivity contribution in [2.45, 2.75) is 6.92 Å². The molecule has 2 aromatic heterocycles. The molecule has 3 heteroatoms. The van der Waals surface area contributed by atoms with E-state index in [1.54, 1.807) is 18.4 Å². The summed E-state index contributed by atoms with van der Waals surface area (Å²) in [5.41, 5.74) is 0.994. The van der Waals surface area contributed by atoms with Gasteiger partial charge < -0.3 is 4.74 Å². The van der Waals surface area contributed by atoms with Crippen molar-refractivity contribution in [3.8, 4) is 5.75 Å². The molecule has 2 nitrogen and oxygen atoms in total. The highest BCUT2D eigenvalue weighted by molar-refractivity contribution is 7.18. The number of fused-ring (bicyclic) bond motifs is 2. The molecule has 0 amide bonds. The Morgan fingerprint density at radius 1 is 1.12 bits per heavy atom. The molecule has 1 aromatic carbocycles. The van der Waals surface area contributed by atoms with Crippen molar-refractivity contribution in [2.75, 3.05) is 7.11 Å². The highest BCUT2D eigenvalue weighted by Gasteiger charge is 2.03. The second-order valence-electron chi connectivity index (χ2n) is 3.80. The molecule has 0 atom stereocenters. The highest BCUT2D eigenvalue weighted by Crippen LogP contribution is 2.28. The zero-order chi connectivity index (χ0) is 11.1. The first-order chi connectivity index (χ1) is 7.76. The quantitative estimate of drug-likeness (QED) is 0.633. The van der Waals surface area contributed by atoms with E-state index in [1.807, 2.05) is 18.2 Å². The average molecular weight is 229 g/mol. The molecule has 0 aliphatic heterocycles. The molecule has 16 heavy (non-hydrogen) atoms. The van der Waals surface area contributed by atoms with Gasteiger partial charge in [0.1, 0.15) is 10.6 Å². The lowest BCUT2D eigenvalue weighted by atomic mass is 10.2. The molecule has 2 heterocycles. The first kappa shape index (κ1) is 9.60. The molecule has 0 saturated carbocycles. The summed E-state index contributed by atoms with van der Waals surface area (Å²) in [4.78, 5) is 7.04. The van der Waals surface area contributed by atoms with E-state index in [0.29, 0.717) is 0 Å². The van der Waals surface area contributed by atoms with E-state index in [0.717, 1.165) is 21.5 Å². The molecule has 0 spiro atoms. The third kappa shape index (κ3) is 1.44. The van der Waals surface area contributed by atoms with E-state index in [-0.39, 0.29) is 0 Å². The minimum atomic E-state index is 0.854. The number of aryl methyl sites for hydroxylation is 1. The van der Waals surface area contributed by atoms with Crippen LogP contribution in [0.2, 0.25) is 0 Å².